The van der Waals surface area contributed by atoms with Gasteiger partial charge in [-0.25, -0.2) is 0 Å². The van der Waals surface area contributed by atoms with E-state index in [4.69, 9.17) is 4.52 Å². The number of aromatic nitrogens is 4. The van der Waals surface area contributed by atoms with Crippen LogP contribution >= 0.6 is 0 Å². The Balaban J connectivity index is 1.44. The van der Waals surface area contributed by atoms with E-state index < -0.39 is 11.1 Å². The largest absolute Gasteiger partial charge is 0.339 e. The number of carbonyl (C=O) groups is 1. The Morgan fingerprint density at radius 3 is 2.59 bits per heavy atom. The average molecular weight is 460 g/mol. The molecular formula is C25H25N5O4. The zero-order valence-corrected chi connectivity index (χ0v) is 19.5. The number of carbonyl (C=O) groups excluding carboxylic acids is 1. The Morgan fingerprint density at radius 2 is 1.85 bits per heavy atom. The van der Waals surface area contributed by atoms with Crippen LogP contribution < -0.4 is 16.0 Å². The normalized spacial score (nSPS) is 16.2. The summed E-state index contributed by atoms with van der Waals surface area (Å²) in [5.41, 5.74) is 3.69. The first kappa shape index (κ1) is 21.8. The molecule has 5 rings (SSSR count). The maximum absolute atomic E-state index is 12.7. The average Bonchev–Trinajstić information content (AvgIpc) is 3.43. The summed E-state index contributed by atoms with van der Waals surface area (Å²) in [7, 11) is 0. The van der Waals surface area contributed by atoms with Gasteiger partial charge >= 0.3 is 11.1 Å². The highest BCUT2D eigenvalue weighted by atomic mass is 16.5. The van der Waals surface area contributed by atoms with Crippen LogP contribution in [-0.2, 0) is 4.79 Å². The summed E-state index contributed by atoms with van der Waals surface area (Å²) >= 11 is 0. The lowest BCUT2D eigenvalue weighted by atomic mass is 10.1. The van der Waals surface area contributed by atoms with Gasteiger partial charge in [0.1, 0.15) is 0 Å². The summed E-state index contributed by atoms with van der Waals surface area (Å²) in [5, 5.41) is 4.11. The molecule has 0 aliphatic carbocycles. The summed E-state index contributed by atoms with van der Waals surface area (Å²) in [4.78, 5) is 46.0. The minimum absolute atomic E-state index is 0.0166. The molecule has 1 amide bonds. The summed E-state index contributed by atoms with van der Waals surface area (Å²) in [6.45, 7) is 8.23. The van der Waals surface area contributed by atoms with Crippen molar-refractivity contribution < 1.29 is 9.32 Å². The van der Waals surface area contributed by atoms with Gasteiger partial charge in [-0.3, -0.25) is 19.0 Å². The SMILES string of the molecule is Cc1ccc(N2C[C@H](c3nc(-c4ccc5c(c4)[nH]c(=O)c(=O)n5C(C)C)no3)CC2=O)cc1C. The zero-order chi connectivity index (χ0) is 24.1. The number of nitrogens with one attached hydrogen (secondary N) is 1. The first-order valence-corrected chi connectivity index (χ1v) is 11.2. The maximum Gasteiger partial charge on any atom is 0.316 e. The van der Waals surface area contributed by atoms with Gasteiger partial charge in [0.05, 0.1) is 17.0 Å². The fraction of sp³-hybridized carbons (Fsp3) is 0.320. The molecule has 2 aromatic heterocycles. The molecule has 1 N–H and O–H groups in total. The third kappa shape index (κ3) is 3.63. The molecule has 4 aromatic rings. The third-order valence-electron chi connectivity index (χ3n) is 6.41. The van der Waals surface area contributed by atoms with E-state index >= 15 is 0 Å². The van der Waals surface area contributed by atoms with Crippen LogP contribution in [0, 0.1) is 13.8 Å². The summed E-state index contributed by atoms with van der Waals surface area (Å²) in [5.74, 6) is 0.567. The van der Waals surface area contributed by atoms with Crippen molar-refractivity contribution in [3.05, 3.63) is 74.1 Å². The van der Waals surface area contributed by atoms with Gasteiger partial charge in [0, 0.05) is 30.3 Å². The third-order valence-corrected chi connectivity index (χ3v) is 6.41. The fourth-order valence-electron chi connectivity index (χ4n) is 4.43. The Morgan fingerprint density at radius 1 is 1.06 bits per heavy atom. The second kappa shape index (κ2) is 8.09. The number of aryl methyl sites for hydroxylation is 2. The van der Waals surface area contributed by atoms with Gasteiger partial charge in [0.15, 0.2) is 0 Å². The highest BCUT2D eigenvalue weighted by Crippen LogP contribution is 2.33. The van der Waals surface area contributed by atoms with Crippen molar-refractivity contribution in [2.45, 2.75) is 46.1 Å². The maximum atomic E-state index is 12.7. The molecule has 1 atom stereocenters. The lowest BCUT2D eigenvalue weighted by Gasteiger charge is -2.17. The van der Waals surface area contributed by atoms with E-state index in [0.717, 1.165) is 11.3 Å². The predicted octanol–water partition coefficient (Wildman–Crippen LogP) is 3.46. The number of benzene rings is 2. The van der Waals surface area contributed by atoms with Crippen molar-refractivity contribution in [3.8, 4) is 11.4 Å². The predicted molar refractivity (Wildman–Crippen MR) is 128 cm³/mol. The van der Waals surface area contributed by atoms with Crippen LogP contribution in [-0.4, -0.2) is 32.1 Å². The Hall–Kier alpha value is -4.01. The number of anilines is 1. The molecule has 0 saturated carbocycles. The van der Waals surface area contributed by atoms with Gasteiger partial charge in [-0.1, -0.05) is 11.2 Å². The molecule has 0 bridgehead atoms. The molecule has 1 fully saturated rings. The summed E-state index contributed by atoms with van der Waals surface area (Å²) < 4.78 is 6.99. The summed E-state index contributed by atoms with van der Waals surface area (Å²) in [6, 6.07) is 11.1. The van der Waals surface area contributed by atoms with Gasteiger partial charge in [-0.05, 0) is 69.2 Å². The number of rotatable bonds is 4. The van der Waals surface area contributed by atoms with Crippen LogP contribution in [0.25, 0.3) is 22.4 Å². The molecule has 0 unspecified atom stereocenters. The van der Waals surface area contributed by atoms with Crippen LogP contribution in [0.2, 0.25) is 0 Å². The Bertz CT molecular complexity index is 1550. The number of fused-ring (bicyclic) bond motifs is 1. The Kier molecular flexibility index (Phi) is 5.19. The topological polar surface area (TPSA) is 114 Å². The van der Waals surface area contributed by atoms with E-state index in [0.29, 0.717) is 41.3 Å². The molecule has 174 valence electrons. The minimum Gasteiger partial charge on any atom is -0.339 e. The molecule has 0 radical (unpaired) electrons. The first-order valence-electron chi connectivity index (χ1n) is 11.2. The van der Waals surface area contributed by atoms with E-state index in [9.17, 15) is 14.4 Å². The molecule has 9 heteroatoms. The van der Waals surface area contributed by atoms with Crippen molar-refractivity contribution >= 4 is 22.6 Å². The molecule has 1 saturated heterocycles. The van der Waals surface area contributed by atoms with Gasteiger partial charge in [0.2, 0.25) is 17.6 Å². The summed E-state index contributed by atoms with van der Waals surface area (Å²) in [6.07, 6.45) is 0.292. The second-order valence-corrected chi connectivity index (χ2v) is 9.09. The number of nitrogens with zero attached hydrogens (tertiary/aromatic N) is 4. The smallest absolute Gasteiger partial charge is 0.316 e. The van der Waals surface area contributed by atoms with E-state index in [2.05, 4.69) is 15.1 Å². The van der Waals surface area contributed by atoms with Crippen LogP contribution in [0.4, 0.5) is 5.69 Å². The van der Waals surface area contributed by atoms with Crippen molar-refractivity contribution in [2.24, 2.45) is 0 Å². The second-order valence-electron chi connectivity index (χ2n) is 9.09. The number of hydrogen-bond acceptors (Lipinski definition) is 6. The highest BCUT2D eigenvalue weighted by Gasteiger charge is 2.35. The van der Waals surface area contributed by atoms with Gasteiger partial charge in [-0.15, -0.1) is 0 Å². The fourth-order valence-corrected chi connectivity index (χ4v) is 4.43. The first-order chi connectivity index (χ1) is 16.2. The standard InChI is InChI=1S/C25H25N5O4/c1-13(2)30-20-8-6-16(10-19(20)26-23(32)25(30)33)22-27-24(34-28-22)17-11-21(31)29(12-17)18-7-5-14(3)15(4)9-18/h5-10,13,17H,11-12H2,1-4H3,(H,26,32)/t17-/m1/s1. The van der Waals surface area contributed by atoms with Crippen molar-refractivity contribution in [1.29, 1.82) is 0 Å². The molecule has 3 heterocycles. The molecule has 0 spiro atoms. The molecule has 1 aliphatic heterocycles. The molecule has 34 heavy (non-hydrogen) atoms. The molecule has 2 aromatic carbocycles. The lowest BCUT2D eigenvalue weighted by Crippen LogP contribution is -2.37. The highest BCUT2D eigenvalue weighted by molar-refractivity contribution is 5.96. The van der Waals surface area contributed by atoms with Crippen molar-refractivity contribution in [3.63, 3.8) is 0 Å². The minimum atomic E-state index is -0.678. The van der Waals surface area contributed by atoms with Gasteiger partial charge < -0.3 is 14.4 Å². The number of aromatic amines is 1. The van der Waals surface area contributed by atoms with Gasteiger partial charge in [0.25, 0.3) is 0 Å². The number of hydrogen-bond donors (Lipinski definition) is 1. The monoisotopic (exact) mass is 459 g/mol. The van der Waals surface area contributed by atoms with Crippen LogP contribution in [0.3, 0.4) is 0 Å². The van der Waals surface area contributed by atoms with E-state index in [1.165, 1.54) is 10.1 Å². The van der Waals surface area contributed by atoms with Crippen molar-refractivity contribution in [2.75, 3.05) is 11.4 Å². The quantitative estimate of drug-likeness (QED) is 0.468. The van der Waals surface area contributed by atoms with E-state index in [1.807, 2.05) is 45.9 Å². The Labute approximate surface area is 195 Å². The van der Waals surface area contributed by atoms with E-state index in [1.54, 1.807) is 23.1 Å². The van der Waals surface area contributed by atoms with Crippen LogP contribution in [0.15, 0.2) is 50.5 Å². The molecular weight excluding hydrogens is 434 g/mol. The number of amides is 1. The molecule has 1 aliphatic rings. The molecule has 9 nitrogen and oxygen atoms in total. The van der Waals surface area contributed by atoms with E-state index in [-0.39, 0.29) is 17.9 Å². The lowest BCUT2D eigenvalue weighted by molar-refractivity contribution is -0.117. The van der Waals surface area contributed by atoms with Gasteiger partial charge in [-0.2, -0.15) is 4.98 Å². The van der Waals surface area contributed by atoms with Crippen LogP contribution in [0.5, 0.6) is 0 Å². The zero-order valence-electron chi connectivity index (χ0n) is 19.5. The number of H-pyrrole nitrogens is 1. The van der Waals surface area contributed by atoms with Crippen LogP contribution in [0.1, 0.15) is 49.2 Å². The van der Waals surface area contributed by atoms with Crippen molar-refractivity contribution in [1.82, 2.24) is 19.7 Å².